The number of carbonyl (C=O) groups excluding carboxylic acids is 1. The molecule has 0 saturated carbocycles. The molecular formula is C26H17NO2. The molecule has 0 aliphatic rings. The molecule has 0 fully saturated rings. The van der Waals surface area contributed by atoms with Crippen LogP contribution in [0.2, 0.25) is 0 Å². The Balaban J connectivity index is 1.52. The molecule has 5 aromatic rings. The second-order valence-electron chi connectivity index (χ2n) is 6.80. The summed E-state index contributed by atoms with van der Waals surface area (Å²) in [7, 11) is 0. The lowest BCUT2D eigenvalue weighted by molar-refractivity contribution is 0.103. The van der Waals surface area contributed by atoms with E-state index >= 15 is 0 Å². The number of ketones is 1. The Labute approximate surface area is 168 Å². The molecule has 3 nitrogen and oxygen atoms in total. The van der Waals surface area contributed by atoms with Gasteiger partial charge in [0, 0.05) is 16.7 Å². The topological polar surface area (TPSA) is 43.1 Å². The van der Waals surface area contributed by atoms with Gasteiger partial charge in [0.2, 0.25) is 5.89 Å². The number of nitrogens with zero attached hydrogens (tertiary/aromatic N) is 1. The summed E-state index contributed by atoms with van der Waals surface area (Å²) >= 11 is 0. The fourth-order valence-corrected chi connectivity index (χ4v) is 3.46. The Hall–Kier alpha value is -3.98. The van der Waals surface area contributed by atoms with Gasteiger partial charge in [-0.05, 0) is 29.3 Å². The van der Waals surface area contributed by atoms with E-state index in [0.29, 0.717) is 28.2 Å². The number of oxazole rings is 1. The lowest BCUT2D eigenvalue weighted by Crippen LogP contribution is -2.03. The quantitative estimate of drug-likeness (QED) is 0.342. The van der Waals surface area contributed by atoms with Crippen LogP contribution in [0.25, 0.3) is 33.7 Å². The van der Waals surface area contributed by atoms with E-state index in [1.165, 1.54) is 0 Å². The summed E-state index contributed by atoms with van der Waals surface area (Å²) in [6.07, 6.45) is 0. The molecule has 0 amide bonds. The van der Waals surface area contributed by atoms with Crippen LogP contribution >= 0.6 is 0 Å². The first-order chi connectivity index (χ1) is 14.3. The maximum atomic E-state index is 13.2. The average molecular weight is 375 g/mol. The van der Waals surface area contributed by atoms with Crippen molar-refractivity contribution in [2.75, 3.05) is 0 Å². The average Bonchev–Trinajstić information content (AvgIpc) is 3.23. The highest BCUT2D eigenvalue weighted by atomic mass is 16.3. The molecule has 138 valence electrons. The first-order valence-electron chi connectivity index (χ1n) is 9.45. The summed E-state index contributed by atoms with van der Waals surface area (Å²) in [5, 5.41) is 0. The van der Waals surface area contributed by atoms with Crippen molar-refractivity contribution in [3.63, 3.8) is 0 Å². The van der Waals surface area contributed by atoms with Crippen LogP contribution in [0, 0.1) is 0 Å². The van der Waals surface area contributed by atoms with E-state index in [-0.39, 0.29) is 5.78 Å². The van der Waals surface area contributed by atoms with Gasteiger partial charge in [0.15, 0.2) is 11.4 Å². The zero-order chi connectivity index (χ0) is 19.6. The van der Waals surface area contributed by atoms with E-state index in [2.05, 4.69) is 17.1 Å². The molecule has 0 bridgehead atoms. The highest BCUT2D eigenvalue weighted by Crippen LogP contribution is 2.29. The monoisotopic (exact) mass is 375 g/mol. The van der Waals surface area contributed by atoms with Crippen molar-refractivity contribution in [1.82, 2.24) is 4.98 Å². The minimum absolute atomic E-state index is 0.0533. The van der Waals surface area contributed by atoms with E-state index in [0.717, 1.165) is 16.6 Å². The Morgan fingerprint density at radius 2 is 1.31 bits per heavy atom. The first-order valence-corrected chi connectivity index (χ1v) is 9.45. The molecule has 0 radical (unpaired) electrons. The molecule has 1 aromatic heterocycles. The number of fused-ring (bicyclic) bond motifs is 1. The van der Waals surface area contributed by atoms with Gasteiger partial charge in [-0.15, -0.1) is 0 Å². The van der Waals surface area contributed by atoms with E-state index in [1.54, 1.807) is 0 Å². The van der Waals surface area contributed by atoms with Crippen LogP contribution in [0.1, 0.15) is 15.9 Å². The van der Waals surface area contributed by atoms with Crippen LogP contribution in [0.3, 0.4) is 0 Å². The van der Waals surface area contributed by atoms with Gasteiger partial charge >= 0.3 is 0 Å². The molecule has 0 saturated heterocycles. The molecule has 1 heterocycles. The van der Waals surface area contributed by atoms with Crippen molar-refractivity contribution >= 4 is 16.9 Å². The number of rotatable bonds is 4. The zero-order valence-corrected chi connectivity index (χ0v) is 15.6. The van der Waals surface area contributed by atoms with Gasteiger partial charge in [0.05, 0.1) is 0 Å². The molecule has 29 heavy (non-hydrogen) atoms. The molecule has 3 heteroatoms. The third-order valence-corrected chi connectivity index (χ3v) is 4.95. The number of para-hydroxylation sites is 2. The molecule has 4 aromatic carbocycles. The Bertz CT molecular complexity index is 1270. The van der Waals surface area contributed by atoms with Crippen LogP contribution in [0.4, 0.5) is 0 Å². The normalized spacial score (nSPS) is 10.9. The lowest BCUT2D eigenvalue weighted by atomic mass is 9.96. The van der Waals surface area contributed by atoms with E-state index in [4.69, 9.17) is 4.42 Å². The largest absolute Gasteiger partial charge is 0.436 e. The minimum Gasteiger partial charge on any atom is -0.436 e. The molecule has 0 aliphatic carbocycles. The third-order valence-electron chi connectivity index (χ3n) is 4.95. The smallest absolute Gasteiger partial charge is 0.228 e. The molecule has 0 aliphatic heterocycles. The van der Waals surface area contributed by atoms with Crippen LogP contribution in [-0.4, -0.2) is 10.8 Å². The molecule has 0 N–H and O–H groups in total. The predicted octanol–water partition coefficient (Wildman–Crippen LogP) is 6.39. The summed E-state index contributed by atoms with van der Waals surface area (Å²) in [5.41, 5.74) is 5.59. The Kier molecular flexibility index (Phi) is 4.26. The van der Waals surface area contributed by atoms with Crippen molar-refractivity contribution in [2.45, 2.75) is 0 Å². The summed E-state index contributed by atoms with van der Waals surface area (Å²) < 4.78 is 5.89. The number of aromatic nitrogens is 1. The van der Waals surface area contributed by atoms with Gasteiger partial charge in [-0.2, -0.15) is 0 Å². The lowest BCUT2D eigenvalue weighted by Gasteiger charge is -2.07. The molecule has 0 unspecified atom stereocenters. The van der Waals surface area contributed by atoms with Crippen LogP contribution < -0.4 is 0 Å². The molecule has 0 spiro atoms. The number of carbonyl (C=O) groups is 1. The van der Waals surface area contributed by atoms with Crippen molar-refractivity contribution < 1.29 is 9.21 Å². The molecular weight excluding hydrogens is 358 g/mol. The second-order valence-corrected chi connectivity index (χ2v) is 6.80. The van der Waals surface area contributed by atoms with Crippen molar-refractivity contribution in [1.29, 1.82) is 0 Å². The fraction of sp³-hybridized carbons (Fsp3) is 0. The van der Waals surface area contributed by atoms with Gasteiger partial charge in [-0.1, -0.05) is 84.9 Å². The van der Waals surface area contributed by atoms with E-state index < -0.39 is 0 Å². The predicted molar refractivity (Wildman–Crippen MR) is 115 cm³/mol. The van der Waals surface area contributed by atoms with Gasteiger partial charge < -0.3 is 4.42 Å². The summed E-state index contributed by atoms with van der Waals surface area (Å²) in [6.45, 7) is 0. The highest BCUT2D eigenvalue weighted by Gasteiger charge is 2.18. The molecule has 5 rings (SSSR count). The van der Waals surface area contributed by atoms with Crippen LogP contribution in [0.5, 0.6) is 0 Å². The standard InChI is InChI=1S/C26H17NO2/c28-25(20-16-14-19(15-17-20)18-8-2-1-3-9-18)21-10-4-5-11-22(21)26-27-23-12-6-7-13-24(23)29-26/h1-17H. The SMILES string of the molecule is O=C(c1ccc(-c2ccccc2)cc1)c1ccccc1-c1nc2ccccc2o1. The van der Waals surface area contributed by atoms with Gasteiger partial charge in [0.25, 0.3) is 0 Å². The summed E-state index contributed by atoms with van der Waals surface area (Å²) in [4.78, 5) is 17.8. The zero-order valence-electron chi connectivity index (χ0n) is 15.6. The van der Waals surface area contributed by atoms with Gasteiger partial charge in [0.1, 0.15) is 5.52 Å². The molecule has 0 atom stereocenters. The Morgan fingerprint density at radius 3 is 2.10 bits per heavy atom. The minimum atomic E-state index is -0.0533. The van der Waals surface area contributed by atoms with Crippen molar-refractivity contribution in [3.05, 3.63) is 114 Å². The number of hydrogen-bond acceptors (Lipinski definition) is 3. The third kappa shape index (κ3) is 3.23. The van der Waals surface area contributed by atoms with Gasteiger partial charge in [-0.25, -0.2) is 4.98 Å². The second kappa shape index (κ2) is 7.21. The fourth-order valence-electron chi connectivity index (χ4n) is 3.46. The van der Waals surface area contributed by atoms with Crippen LogP contribution in [-0.2, 0) is 0 Å². The van der Waals surface area contributed by atoms with E-state index in [1.807, 2.05) is 91.0 Å². The number of hydrogen-bond donors (Lipinski definition) is 0. The summed E-state index contributed by atoms with van der Waals surface area (Å²) in [5.74, 6) is 0.401. The summed E-state index contributed by atoms with van der Waals surface area (Å²) in [6, 6.07) is 32.8. The van der Waals surface area contributed by atoms with Gasteiger partial charge in [-0.3, -0.25) is 4.79 Å². The maximum Gasteiger partial charge on any atom is 0.228 e. The van der Waals surface area contributed by atoms with Crippen molar-refractivity contribution in [3.8, 4) is 22.6 Å². The first kappa shape index (κ1) is 17.1. The number of benzene rings is 4. The Morgan fingerprint density at radius 1 is 0.655 bits per heavy atom. The highest BCUT2D eigenvalue weighted by molar-refractivity contribution is 6.12. The maximum absolute atomic E-state index is 13.2. The van der Waals surface area contributed by atoms with Crippen LogP contribution in [0.15, 0.2) is 108 Å². The van der Waals surface area contributed by atoms with E-state index in [9.17, 15) is 4.79 Å². The van der Waals surface area contributed by atoms with Crippen molar-refractivity contribution in [2.24, 2.45) is 0 Å².